The molecular formula is C16H18F3N3O2. The normalized spacial score (nSPS) is 19.6. The highest BCUT2D eigenvalue weighted by Crippen LogP contribution is 2.31. The molecule has 0 amide bonds. The van der Waals surface area contributed by atoms with Gasteiger partial charge in [-0.1, -0.05) is 17.3 Å². The van der Waals surface area contributed by atoms with E-state index < -0.39 is 11.7 Å². The molecule has 1 aliphatic heterocycles. The van der Waals surface area contributed by atoms with Gasteiger partial charge in [0.05, 0.1) is 12.1 Å². The van der Waals surface area contributed by atoms with Crippen LogP contribution in [0.25, 0.3) is 11.4 Å². The maximum Gasteiger partial charge on any atom is 0.416 e. The summed E-state index contributed by atoms with van der Waals surface area (Å²) < 4.78 is 43.5. The number of aromatic nitrogens is 2. The number of nitrogens with zero attached hydrogens (tertiary/aromatic N) is 3. The second-order valence-electron chi connectivity index (χ2n) is 6.02. The van der Waals surface area contributed by atoms with Gasteiger partial charge in [-0.25, -0.2) is 0 Å². The highest BCUT2D eigenvalue weighted by molar-refractivity contribution is 5.55. The molecule has 0 saturated carbocycles. The molecule has 2 aromatic rings. The van der Waals surface area contributed by atoms with Crippen molar-refractivity contribution < 1.29 is 22.8 Å². The lowest BCUT2D eigenvalue weighted by Gasteiger charge is -2.30. The molecule has 0 radical (unpaired) electrons. The highest BCUT2D eigenvalue weighted by atomic mass is 19.4. The Hall–Kier alpha value is -1.93. The average Bonchev–Trinajstić information content (AvgIpc) is 3.03. The number of halogens is 3. The first-order valence-electron chi connectivity index (χ1n) is 7.79. The van der Waals surface area contributed by atoms with Crippen molar-refractivity contribution in [3.8, 4) is 11.4 Å². The van der Waals surface area contributed by atoms with Gasteiger partial charge < -0.3 is 9.63 Å². The molecule has 2 heterocycles. The molecule has 3 rings (SSSR count). The first kappa shape index (κ1) is 16.9. The summed E-state index contributed by atoms with van der Waals surface area (Å²) in [6.07, 6.45) is -2.43. The average molecular weight is 341 g/mol. The van der Waals surface area contributed by atoms with E-state index in [4.69, 9.17) is 4.52 Å². The predicted octanol–water partition coefficient (Wildman–Crippen LogP) is 2.96. The standard InChI is InChI=1S/C16H18F3N3O2/c17-16(18,19)13-5-1-4-12(7-13)15-20-14(24-21-15)9-22-6-2-3-11(8-22)10-23/h1,4-5,7,11,23H,2-3,6,8-10H2. The van der Waals surface area contributed by atoms with Crippen LogP contribution in [0.15, 0.2) is 28.8 Å². The fraction of sp³-hybridized carbons (Fsp3) is 0.500. The molecule has 1 aliphatic rings. The van der Waals surface area contributed by atoms with Crippen LogP contribution in [0, 0.1) is 5.92 Å². The number of hydrogen-bond acceptors (Lipinski definition) is 5. The molecule has 8 heteroatoms. The van der Waals surface area contributed by atoms with Crippen LogP contribution in [0.2, 0.25) is 0 Å². The van der Waals surface area contributed by atoms with Crippen molar-refractivity contribution in [2.45, 2.75) is 25.6 Å². The number of aliphatic hydroxyl groups excluding tert-OH is 1. The Labute approximate surface area is 137 Å². The quantitative estimate of drug-likeness (QED) is 0.926. The first-order chi connectivity index (χ1) is 11.5. The zero-order valence-electron chi connectivity index (χ0n) is 13.0. The van der Waals surface area contributed by atoms with E-state index in [0.29, 0.717) is 12.4 Å². The number of alkyl halides is 3. The summed E-state index contributed by atoms with van der Waals surface area (Å²) in [6.45, 7) is 2.20. The van der Waals surface area contributed by atoms with Crippen molar-refractivity contribution in [2.24, 2.45) is 5.92 Å². The molecule has 1 saturated heterocycles. The predicted molar refractivity (Wildman–Crippen MR) is 79.8 cm³/mol. The Morgan fingerprint density at radius 1 is 1.33 bits per heavy atom. The maximum absolute atomic E-state index is 12.8. The van der Waals surface area contributed by atoms with Crippen LogP contribution in [0.4, 0.5) is 13.2 Å². The van der Waals surface area contributed by atoms with Gasteiger partial charge in [-0.2, -0.15) is 18.2 Å². The summed E-state index contributed by atoms with van der Waals surface area (Å²) in [4.78, 5) is 6.30. The molecule has 0 aliphatic carbocycles. The van der Waals surface area contributed by atoms with Crippen LogP contribution in [0.3, 0.4) is 0 Å². The van der Waals surface area contributed by atoms with E-state index in [9.17, 15) is 18.3 Å². The van der Waals surface area contributed by atoms with Crippen LogP contribution in [-0.4, -0.2) is 39.8 Å². The molecule has 1 unspecified atom stereocenters. The third-order valence-electron chi connectivity index (χ3n) is 4.14. The number of benzene rings is 1. The van der Waals surface area contributed by atoms with Crippen molar-refractivity contribution >= 4 is 0 Å². The molecule has 130 valence electrons. The minimum Gasteiger partial charge on any atom is -0.396 e. The first-order valence-corrected chi connectivity index (χ1v) is 7.79. The SMILES string of the molecule is OCC1CCCN(Cc2nc(-c3cccc(C(F)(F)F)c3)no2)C1. The molecule has 0 bridgehead atoms. The van der Waals surface area contributed by atoms with E-state index in [-0.39, 0.29) is 23.9 Å². The zero-order valence-corrected chi connectivity index (χ0v) is 13.0. The van der Waals surface area contributed by atoms with Crippen molar-refractivity contribution in [3.05, 3.63) is 35.7 Å². The van der Waals surface area contributed by atoms with E-state index in [0.717, 1.165) is 38.1 Å². The van der Waals surface area contributed by atoms with E-state index in [1.165, 1.54) is 12.1 Å². The van der Waals surface area contributed by atoms with Gasteiger partial charge in [0.1, 0.15) is 0 Å². The van der Waals surface area contributed by atoms with E-state index >= 15 is 0 Å². The van der Waals surface area contributed by atoms with Crippen molar-refractivity contribution in [1.82, 2.24) is 15.0 Å². The third kappa shape index (κ3) is 3.93. The van der Waals surface area contributed by atoms with Crippen LogP contribution in [0.5, 0.6) is 0 Å². The Morgan fingerprint density at radius 2 is 2.17 bits per heavy atom. The smallest absolute Gasteiger partial charge is 0.396 e. The summed E-state index contributed by atoms with van der Waals surface area (Å²) in [5, 5.41) is 13.0. The third-order valence-corrected chi connectivity index (χ3v) is 4.14. The fourth-order valence-corrected chi connectivity index (χ4v) is 2.91. The molecule has 1 aromatic heterocycles. The Balaban J connectivity index is 1.72. The van der Waals surface area contributed by atoms with E-state index in [1.807, 2.05) is 0 Å². The zero-order chi connectivity index (χ0) is 17.2. The molecule has 1 fully saturated rings. The monoisotopic (exact) mass is 341 g/mol. The fourth-order valence-electron chi connectivity index (χ4n) is 2.91. The van der Waals surface area contributed by atoms with Crippen molar-refractivity contribution in [3.63, 3.8) is 0 Å². The molecule has 1 N–H and O–H groups in total. The van der Waals surface area contributed by atoms with Crippen LogP contribution in [0.1, 0.15) is 24.3 Å². The second kappa shape index (κ2) is 6.90. The molecule has 1 aromatic carbocycles. The maximum atomic E-state index is 12.8. The minimum atomic E-state index is -4.41. The minimum absolute atomic E-state index is 0.145. The summed E-state index contributed by atoms with van der Waals surface area (Å²) in [5.41, 5.74) is -0.472. The highest BCUT2D eigenvalue weighted by Gasteiger charge is 2.31. The molecule has 1 atom stereocenters. The largest absolute Gasteiger partial charge is 0.416 e. The molecule has 5 nitrogen and oxygen atoms in total. The number of rotatable bonds is 4. The van der Waals surface area contributed by atoms with Gasteiger partial charge in [0.2, 0.25) is 11.7 Å². The molecule has 24 heavy (non-hydrogen) atoms. The summed E-state index contributed by atoms with van der Waals surface area (Å²) in [6, 6.07) is 4.86. The lowest BCUT2D eigenvalue weighted by atomic mass is 9.99. The van der Waals surface area contributed by atoms with Crippen molar-refractivity contribution in [2.75, 3.05) is 19.7 Å². The second-order valence-corrected chi connectivity index (χ2v) is 6.02. The number of aliphatic hydroxyl groups is 1. The van der Waals surface area contributed by atoms with Crippen LogP contribution in [-0.2, 0) is 12.7 Å². The summed E-state index contributed by atoms with van der Waals surface area (Å²) in [7, 11) is 0. The number of hydrogen-bond donors (Lipinski definition) is 1. The lowest BCUT2D eigenvalue weighted by molar-refractivity contribution is -0.137. The van der Waals surface area contributed by atoms with Crippen LogP contribution < -0.4 is 0 Å². The summed E-state index contributed by atoms with van der Waals surface area (Å²) in [5.74, 6) is 0.748. The van der Waals surface area contributed by atoms with Gasteiger partial charge in [0.15, 0.2) is 0 Å². The summed E-state index contributed by atoms with van der Waals surface area (Å²) >= 11 is 0. The Kier molecular flexibility index (Phi) is 4.86. The van der Waals surface area contributed by atoms with Crippen LogP contribution >= 0.6 is 0 Å². The molecule has 0 spiro atoms. The van der Waals surface area contributed by atoms with Gasteiger partial charge in [-0.3, -0.25) is 4.90 Å². The van der Waals surface area contributed by atoms with Gasteiger partial charge in [-0.05, 0) is 37.4 Å². The van der Waals surface area contributed by atoms with Gasteiger partial charge in [0, 0.05) is 18.7 Å². The Morgan fingerprint density at radius 3 is 2.92 bits per heavy atom. The van der Waals surface area contributed by atoms with Gasteiger partial charge in [0.25, 0.3) is 0 Å². The molecular weight excluding hydrogens is 323 g/mol. The Bertz CT molecular complexity index is 687. The van der Waals surface area contributed by atoms with E-state index in [1.54, 1.807) is 0 Å². The topological polar surface area (TPSA) is 62.4 Å². The number of piperidine rings is 1. The lowest BCUT2D eigenvalue weighted by Crippen LogP contribution is -2.36. The van der Waals surface area contributed by atoms with Gasteiger partial charge >= 0.3 is 6.18 Å². The van der Waals surface area contributed by atoms with Crippen molar-refractivity contribution in [1.29, 1.82) is 0 Å². The van der Waals surface area contributed by atoms with Gasteiger partial charge in [-0.15, -0.1) is 0 Å². The number of likely N-dealkylation sites (tertiary alicyclic amines) is 1. The van der Waals surface area contributed by atoms with E-state index in [2.05, 4.69) is 15.0 Å².